The Hall–Kier alpha value is -1.98. The zero-order valence-corrected chi connectivity index (χ0v) is 18.7. The highest BCUT2D eigenvalue weighted by atomic mass is 28.4. The molecular formula is C25H32O3Si. The van der Waals surface area contributed by atoms with Gasteiger partial charge >= 0.3 is 0 Å². The van der Waals surface area contributed by atoms with Crippen LogP contribution < -0.4 is 0 Å². The standard InChI is InChI=1S/C25H32O3Si/c1-6-18-25(19-7-2,28-29(3,4)5)24-26-22(20-14-10-8-11-15-20)23(27-24)21-16-12-9-13-17-21/h6-17,22-24H,1-2,18-19H2,3-5H3/t22-,23-/m1/s1. The molecule has 154 valence electrons. The summed E-state index contributed by atoms with van der Waals surface area (Å²) in [7, 11) is -1.89. The molecule has 0 radical (unpaired) electrons. The monoisotopic (exact) mass is 408 g/mol. The predicted molar refractivity (Wildman–Crippen MR) is 121 cm³/mol. The Kier molecular flexibility index (Phi) is 6.91. The molecule has 0 spiro atoms. The lowest BCUT2D eigenvalue weighted by atomic mass is 9.94. The first-order valence-electron chi connectivity index (χ1n) is 10.2. The first-order valence-corrected chi connectivity index (χ1v) is 13.6. The second-order valence-corrected chi connectivity index (χ2v) is 13.0. The third-order valence-electron chi connectivity index (χ3n) is 4.99. The number of hydrogen-bond acceptors (Lipinski definition) is 3. The molecule has 1 aliphatic rings. The minimum absolute atomic E-state index is 0.206. The Morgan fingerprint density at radius 1 is 0.828 bits per heavy atom. The molecule has 3 nitrogen and oxygen atoms in total. The van der Waals surface area contributed by atoms with Gasteiger partial charge in [-0.1, -0.05) is 72.8 Å². The van der Waals surface area contributed by atoms with Crippen LogP contribution in [0, 0.1) is 0 Å². The lowest BCUT2D eigenvalue weighted by molar-refractivity contribution is -0.183. The molecule has 0 bridgehead atoms. The van der Waals surface area contributed by atoms with Gasteiger partial charge in [-0.3, -0.25) is 0 Å². The van der Waals surface area contributed by atoms with Crippen molar-refractivity contribution in [2.45, 2.75) is 56.6 Å². The zero-order valence-electron chi connectivity index (χ0n) is 17.7. The van der Waals surface area contributed by atoms with Crippen LogP contribution >= 0.6 is 0 Å². The van der Waals surface area contributed by atoms with Gasteiger partial charge in [-0.25, -0.2) is 0 Å². The van der Waals surface area contributed by atoms with E-state index in [0.717, 1.165) is 11.1 Å². The molecule has 3 rings (SSSR count). The molecular weight excluding hydrogens is 376 g/mol. The van der Waals surface area contributed by atoms with Crippen LogP contribution in [-0.2, 0) is 13.9 Å². The van der Waals surface area contributed by atoms with Gasteiger partial charge in [0.25, 0.3) is 0 Å². The normalized spacial score (nSPS) is 20.5. The summed E-state index contributed by atoms with van der Waals surface area (Å²) in [6.45, 7) is 14.5. The van der Waals surface area contributed by atoms with Gasteiger partial charge in [0.15, 0.2) is 14.6 Å². The predicted octanol–water partition coefficient (Wildman–Crippen LogP) is 6.58. The molecule has 4 heteroatoms. The maximum Gasteiger partial charge on any atom is 0.187 e. The maximum atomic E-state index is 6.70. The smallest absolute Gasteiger partial charge is 0.187 e. The Bertz CT molecular complexity index is 740. The number of ether oxygens (including phenoxy) is 2. The van der Waals surface area contributed by atoms with Crippen molar-refractivity contribution in [1.29, 1.82) is 0 Å². The number of hydrogen-bond donors (Lipinski definition) is 0. The van der Waals surface area contributed by atoms with E-state index in [1.54, 1.807) is 0 Å². The Morgan fingerprint density at radius 3 is 1.59 bits per heavy atom. The molecule has 0 saturated carbocycles. The first kappa shape index (κ1) is 21.7. The van der Waals surface area contributed by atoms with Gasteiger partial charge in [-0.15, -0.1) is 13.2 Å². The Balaban J connectivity index is 2.01. The van der Waals surface area contributed by atoms with Crippen LogP contribution in [0.5, 0.6) is 0 Å². The van der Waals surface area contributed by atoms with E-state index < -0.39 is 20.2 Å². The van der Waals surface area contributed by atoms with E-state index in [-0.39, 0.29) is 12.2 Å². The van der Waals surface area contributed by atoms with E-state index in [1.807, 2.05) is 48.6 Å². The van der Waals surface area contributed by atoms with E-state index in [2.05, 4.69) is 57.1 Å². The second-order valence-electron chi connectivity index (χ2n) is 8.53. The van der Waals surface area contributed by atoms with Gasteiger partial charge in [0.2, 0.25) is 0 Å². The molecule has 0 aliphatic carbocycles. The quantitative estimate of drug-likeness (QED) is 0.346. The summed E-state index contributed by atoms with van der Waals surface area (Å²) in [6, 6.07) is 20.5. The molecule has 0 unspecified atom stereocenters. The van der Waals surface area contributed by atoms with Gasteiger partial charge in [0, 0.05) is 0 Å². The van der Waals surface area contributed by atoms with Crippen LogP contribution in [0.25, 0.3) is 0 Å². The highest BCUT2D eigenvalue weighted by Gasteiger charge is 2.50. The van der Waals surface area contributed by atoms with E-state index in [9.17, 15) is 0 Å². The lowest BCUT2D eigenvalue weighted by Gasteiger charge is -2.41. The molecule has 1 fully saturated rings. The van der Waals surface area contributed by atoms with Crippen molar-refractivity contribution in [3.8, 4) is 0 Å². The second kappa shape index (κ2) is 9.22. The summed E-state index contributed by atoms with van der Waals surface area (Å²) >= 11 is 0. The molecule has 29 heavy (non-hydrogen) atoms. The maximum absolute atomic E-state index is 6.70. The van der Waals surface area contributed by atoms with Crippen molar-refractivity contribution >= 4 is 8.32 Å². The number of rotatable bonds is 9. The third kappa shape index (κ3) is 5.14. The number of benzene rings is 2. The average molecular weight is 409 g/mol. The summed E-state index contributed by atoms with van der Waals surface area (Å²) in [4.78, 5) is 0. The molecule has 0 N–H and O–H groups in total. The minimum atomic E-state index is -1.89. The summed E-state index contributed by atoms with van der Waals surface area (Å²) in [5, 5.41) is 0. The SMILES string of the molecule is C=CCC(CC=C)(O[Si](C)(C)C)C1O[C@H](c2ccccc2)[C@@H](c2ccccc2)O1. The fourth-order valence-electron chi connectivity index (χ4n) is 3.99. The van der Waals surface area contributed by atoms with Crippen LogP contribution in [-0.4, -0.2) is 20.2 Å². The molecule has 1 saturated heterocycles. The van der Waals surface area contributed by atoms with Crippen LogP contribution in [0.1, 0.15) is 36.2 Å². The first-order chi connectivity index (χ1) is 13.9. The zero-order chi connectivity index (χ0) is 20.9. The summed E-state index contributed by atoms with van der Waals surface area (Å²) < 4.78 is 19.9. The fourth-order valence-corrected chi connectivity index (χ4v) is 5.47. The average Bonchev–Trinajstić information content (AvgIpc) is 3.15. The largest absolute Gasteiger partial charge is 0.406 e. The van der Waals surface area contributed by atoms with Crippen LogP contribution in [0.3, 0.4) is 0 Å². The molecule has 2 aromatic carbocycles. The third-order valence-corrected chi connectivity index (χ3v) is 6.01. The molecule has 0 aromatic heterocycles. The van der Waals surface area contributed by atoms with E-state index >= 15 is 0 Å². The highest BCUT2D eigenvalue weighted by Crippen LogP contribution is 2.48. The lowest BCUT2D eigenvalue weighted by Crippen LogP contribution is -2.51. The molecule has 2 atom stereocenters. The van der Waals surface area contributed by atoms with Crippen molar-refractivity contribution in [2.24, 2.45) is 0 Å². The van der Waals surface area contributed by atoms with Gasteiger partial charge in [0.1, 0.15) is 17.8 Å². The van der Waals surface area contributed by atoms with Gasteiger partial charge in [0.05, 0.1) is 0 Å². The highest BCUT2D eigenvalue weighted by molar-refractivity contribution is 6.69. The summed E-state index contributed by atoms with van der Waals surface area (Å²) in [6.07, 6.45) is 4.13. The van der Waals surface area contributed by atoms with Crippen molar-refractivity contribution in [2.75, 3.05) is 0 Å². The summed E-state index contributed by atoms with van der Waals surface area (Å²) in [5.74, 6) is 0. The molecule has 1 heterocycles. The van der Waals surface area contributed by atoms with Crippen LogP contribution in [0.15, 0.2) is 86.0 Å². The van der Waals surface area contributed by atoms with Crippen molar-refractivity contribution in [1.82, 2.24) is 0 Å². The summed E-state index contributed by atoms with van der Waals surface area (Å²) in [5.41, 5.74) is 1.57. The topological polar surface area (TPSA) is 27.7 Å². The van der Waals surface area contributed by atoms with Gasteiger partial charge < -0.3 is 13.9 Å². The van der Waals surface area contributed by atoms with Gasteiger partial charge in [-0.2, -0.15) is 0 Å². The molecule has 1 aliphatic heterocycles. The van der Waals surface area contributed by atoms with E-state index in [4.69, 9.17) is 13.9 Å². The minimum Gasteiger partial charge on any atom is -0.406 e. The fraction of sp³-hybridized carbons (Fsp3) is 0.360. The Labute approximate surface area is 176 Å². The van der Waals surface area contributed by atoms with Crippen LogP contribution in [0.4, 0.5) is 0 Å². The van der Waals surface area contributed by atoms with Crippen molar-refractivity contribution in [3.05, 3.63) is 97.1 Å². The molecule has 2 aromatic rings. The van der Waals surface area contributed by atoms with E-state index in [0.29, 0.717) is 12.8 Å². The van der Waals surface area contributed by atoms with Crippen LogP contribution in [0.2, 0.25) is 19.6 Å². The Morgan fingerprint density at radius 2 is 1.24 bits per heavy atom. The van der Waals surface area contributed by atoms with Crippen molar-refractivity contribution in [3.63, 3.8) is 0 Å². The van der Waals surface area contributed by atoms with Crippen molar-refractivity contribution < 1.29 is 13.9 Å². The van der Waals surface area contributed by atoms with Gasteiger partial charge in [-0.05, 0) is 43.6 Å². The van der Waals surface area contributed by atoms with E-state index in [1.165, 1.54) is 0 Å². The molecule has 0 amide bonds.